The fourth-order valence-electron chi connectivity index (χ4n) is 4.04. The van der Waals surface area contributed by atoms with Crippen molar-refractivity contribution in [3.8, 4) is 11.5 Å². The Labute approximate surface area is 231 Å². The van der Waals surface area contributed by atoms with Crippen LogP contribution in [-0.2, 0) is 23.9 Å². The predicted octanol–water partition coefficient (Wildman–Crippen LogP) is 5.74. The number of carbonyl (C=O) groups is 4. The number of esters is 2. The molecule has 0 heterocycles. The minimum Gasteiger partial charge on any atom is -0.480 e. The smallest absolute Gasteiger partial charge is 0.480 e. The molecule has 0 amide bonds. The number of ether oxygens (including phenoxy) is 4. The van der Waals surface area contributed by atoms with E-state index in [0.717, 1.165) is 25.7 Å². The monoisotopic (exact) mass is 551 g/mol. The van der Waals surface area contributed by atoms with Crippen molar-refractivity contribution in [2.24, 2.45) is 11.7 Å². The van der Waals surface area contributed by atoms with Crippen LogP contribution in [0.5, 0.6) is 11.5 Å². The van der Waals surface area contributed by atoms with E-state index in [1.807, 2.05) is 20.8 Å². The maximum Gasteiger partial charge on any atom is 0.508 e. The molecule has 220 valence electrons. The summed E-state index contributed by atoms with van der Waals surface area (Å²) >= 11 is 0. The number of unbranched alkanes of at least 4 members (excludes halogenated alkanes) is 4. The van der Waals surface area contributed by atoms with Crippen LogP contribution in [0.25, 0.3) is 0 Å². The Hall–Kier alpha value is -3.14. The topological polar surface area (TPSA) is 151 Å². The first-order chi connectivity index (χ1) is 18.5. The first kappa shape index (κ1) is 33.9. The van der Waals surface area contributed by atoms with E-state index in [-0.39, 0.29) is 30.9 Å². The average Bonchev–Trinajstić information content (AvgIpc) is 2.89. The Morgan fingerprint density at radius 3 is 1.92 bits per heavy atom. The minimum absolute atomic E-state index is 0.00329. The first-order valence-electron chi connectivity index (χ1n) is 13.9. The van der Waals surface area contributed by atoms with Crippen LogP contribution in [0.15, 0.2) is 18.2 Å². The molecule has 3 N–H and O–H groups in total. The van der Waals surface area contributed by atoms with Gasteiger partial charge in [-0.2, -0.15) is 0 Å². The van der Waals surface area contributed by atoms with Crippen molar-refractivity contribution in [3.05, 3.63) is 23.8 Å². The highest BCUT2D eigenvalue weighted by Gasteiger charge is 2.36. The van der Waals surface area contributed by atoms with Gasteiger partial charge in [0.1, 0.15) is 12.1 Å². The Morgan fingerprint density at radius 2 is 1.41 bits per heavy atom. The predicted molar refractivity (Wildman–Crippen MR) is 146 cm³/mol. The quantitative estimate of drug-likeness (QED) is 0.131. The van der Waals surface area contributed by atoms with Crippen molar-refractivity contribution in [3.63, 3.8) is 0 Å². The van der Waals surface area contributed by atoms with Crippen LogP contribution in [0.1, 0.15) is 104 Å². The van der Waals surface area contributed by atoms with Gasteiger partial charge < -0.3 is 29.8 Å². The molecule has 1 aromatic rings. The van der Waals surface area contributed by atoms with Crippen LogP contribution >= 0.6 is 0 Å². The summed E-state index contributed by atoms with van der Waals surface area (Å²) in [6.07, 6.45) is 4.36. The molecule has 0 aliphatic heterocycles. The number of hydrogen-bond donors (Lipinski definition) is 2. The van der Waals surface area contributed by atoms with Gasteiger partial charge in [-0.1, -0.05) is 59.4 Å². The second-order valence-electron chi connectivity index (χ2n) is 9.74. The van der Waals surface area contributed by atoms with Gasteiger partial charge in [-0.25, -0.2) is 4.79 Å². The van der Waals surface area contributed by atoms with Gasteiger partial charge in [0.05, 0.1) is 6.61 Å². The van der Waals surface area contributed by atoms with Gasteiger partial charge in [-0.05, 0) is 43.9 Å². The standard InChI is InChI=1S/C29H45NO9/c1-6-9-11-13-24(31)38-22-16-15-21(18-23(22)39-25(32)14-12-10-7-2)26(27(30)28(33)34)19(4)20(5)37-29(35)36-17-8-3/h15-16,18-20,26-27H,6-14,17,30H2,1-5H3,(H,33,34)/t19?,20?,26?,27-/m0/s1. The van der Waals surface area contributed by atoms with E-state index in [0.29, 0.717) is 24.8 Å². The summed E-state index contributed by atoms with van der Waals surface area (Å²) in [5.74, 6) is -3.55. The van der Waals surface area contributed by atoms with Gasteiger partial charge in [0.15, 0.2) is 11.5 Å². The van der Waals surface area contributed by atoms with Crippen molar-refractivity contribution in [1.82, 2.24) is 0 Å². The molecule has 0 aromatic heterocycles. The molecule has 4 atom stereocenters. The molecule has 0 spiro atoms. The van der Waals surface area contributed by atoms with Gasteiger partial charge in [0.2, 0.25) is 0 Å². The van der Waals surface area contributed by atoms with Crippen LogP contribution in [-0.4, -0.2) is 47.9 Å². The normalized spacial score (nSPS) is 14.0. The second-order valence-corrected chi connectivity index (χ2v) is 9.74. The number of carboxylic acids is 1. The van der Waals surface area contributed by atoms with Crippen molar-refractivity contribution < 1.29 is 43.2 Å². The zero-order valence-electron chi connectivity index (χ0n) is 23.9. The summed E-state index contributed by atoms with van der Waals surface area (Å²) in [4.78, 5) is 48.9. The number of hydrogen-bond acceptors (Lipinski definition) is 9. The third-order valence-corrected chi connectivity index (χ3v) is 6.45. The lowest BCUT2D eigenvalue weighted by Crippen LogP contribution is -2.42. The zero-order chi connectivity index (χ0) is 29.4. The first-order valence-corrected chi connectivity index (χ1v) is 13.9. The van der Waals surface area contributed by atoms with E-state index in [9.17, 15) is 24.3 Å². The minimum atomic E-state index is -1.37. The van der Waals surface area contributed by atoms with Crippen LogP contribution in [0.4, 0.5) is 4.79 Å². The van der Waals surface area contributed by atoms with Crippen LogP contribution in [0.3, 0.4) is 0 Å². The zero-order valence-corrected chi connectivity index (χ0v) is 23.9. The van der Waals surface area contributed by atoms with E-state index >= 15 is 0 Å². The van der Waals surface area contributed by atoms with E-state index in [2.05, 4.69) is 0 Å². The highest BCUT2D eigenvalue weighted by atomic mass is 16.7. The Kier molecular flexibility index (Phi) is 15.8. The molecule has 0 aliphatic rings. The maximum absolute atomic E-state index is 12.6. The molecule has 0 saturated heterocycles. The summed E-state index contributed by atoms with van der Waals surface area (Å²) < 4.78 is 21.4. The molecule has 10 heteroatoms. The summed E-state index contributed by atoms with van der Waals surface area (Å²) in [6.45, 7) is 9.43. The Morgan fingerprint density at radius 1 is 0.846 bits per heavy atom. The number of nitrogens with two attached hydrogens (primary N) is 1. The second kappa shape index (κ2) is 18.2. The van der Waals surface area contributed by atoms with Gasteiger partial charge >= 0.3 is 24.1 Å². The van der Waals surface area contributed by atoms with Crippen molar-refractivity contribution in [1.29, 1.82) is 0 Å². The van der Waals surface area contributed by atoms with Crippen LogP contribution in [0.2, 0.25) is 0 Å². The largest absolute Gasteiger partial charge is 0.508 e. The molecule has 0 bridgehead atoms. The molecule has 1 rings (SSSR count). The third-order valence-electron chi connectivity index (χ3n) is 6.45. The molecule has 3 unspecified atom stereocenters. The van der Waals surface area contributed by atoms with Crippen LogP contribution in [0, 0.1) is 5.92 Å². The van der Waals surface area contributed by atoms with Crippen molar-refractivity contribution in [2.45, 2.75) is 110 Å². The van der Waals surface area contributed by atoms with E-state index in [1.165, 1.54) is 12.1 Å². The van der Waals surface area contributed by atoms with Gasteiger partial charge in [-0.3, -0.25) is 14.4 Å². The molecule has 10 nitrogen and oxygen atoms in total. The molecular weight excluding hydrogens is 506 g/mol. The summed E-state index contributed by atoms with van der Waals surface area (Å²) in [6, 6.07) is 3.15. The lowest BCUT2D eigenvalue weighted by Gasteiger charge is -2.31. The number of benzene rings is 1. The molecule has 0 aliphatic carbocycles. The molecule has 39 heavy (non-hydrogen) atoms. The summed E-state index contributed by atoms with van der Waals surface area (Å²) in [5, 5.41) is 9.74. The van der Waals surface area contributed by atoms with E-state index in [4.69, 9.17) is 24.7 Å². The fourth-order valence-corrected chi connectivity index (χ4v) is 4.04. The van der Waals surface area contributed by atoms with E-state index in [1.54, 1.807) is 19.9 Å². The molecular formula is C29H45NO9. The van der Waals surface area contributed by atoms with E-state index < -0.39 is 48.0 Å². The number of aliphatic carboxylic acids is 1. The van der Waals surface area contributed by atoms with Crippen molar-refractivity contribution in [2.75, 3.05) is 6.61 Å². The Balaban J connectivity index is 3.34. The molecule has 0 saturated carbocycles. The number of rotatable bonds is 18. The average molecular weight is 552 g/mol. The molecule has 0 fully saturated rings. The van der Waals surface area contributed by atoms with Gasteiger partial charge in [-0.15, -0.1) is 0 Å². The van der Waals surface area contributed by atoms with Gasteiger partial charge in [0, 0.05) is 24.7 Å². The number of carboxylic acid groups (broad SMARTS) is 1. The number of carbonyl (C=O) groups excluding carboxylic acids is 3. The van der Waals surface area contributed by atoms with Crippen LogP contribution < -0.4 is 15.2 Å². The fraction of sp³-hybridized carbons (Fsp3) is 0.655. The molecule has 1 aromatic carbocycles. The SMILES string of the molecule is CCCCCC(=O)Oc1ccc(C(C(C)C(C)OC(=O)OCCC)[C@H](N)C(=O)O)cc1OC(=O)CCCCC. The summed E-state index contributed by atoms with van der Waals surface area (Å²) in [7, 11) is 0. The third kappa shape index (κ3) is 12.1. The lowest BCUT2D eigenvalue weighted by molar-refractivity contribution is -0.140. The highest BCUT2D eigenvalue weighted by Crippen LogP contribution is 2.37. The Bertz CT molecular complexity index is 933. The van der Waals surface area contributed by atoms with Gasteiger partial charge in [0.25, 0.3) is 0 Å². The highest BCUT2D eigenvalue weighted by molar-refractivity contribution is 5.77. The maximum atomic E-state index is 12.6. The van der Waals surface area contributed by atoms with Crippen molar-refractivity contribution >= 4 is 24.1 Å². The lowest BCUT2D eigenvalue weighted by atomic mass is 9.79. The summed E-state index contributed by atoms with van der Waals surface area (Å²) in [5.41, 5.74) is 6.52. The molecule has 0 radical (unpaired) electrons.